The number of rotatable bonds is 5. The van der Waals surface area contributed by atoms with E-state index < -0.39 is 0 Å². The lowest BCUT2D eigenvalue weighted by Gasteiger charge is -2.24. The molecule has 1 heterocycles. The number of benzene rings is 1. The van der Waals surface area contributed by atoms with Crippen molar-refractivity contribution in [2.24, 2.45) is 0 Å². The molecule has 0 aliphatic heterocycles. The molecule has 2 rings (SSSR count). The first-order valence-corrected chi connectivity index (χ1v) is 6.81. The van der Waals surface area contributed by atoms with Crippen molar-refractivity contribution in [3.05, 3.63) is 47.9 Å². The average molecular weight is 287 g/mol. The molecule has 0 saturated heterocycles. The third-order valence-corrected chi connectivity index (χ3v) is 3.32. The van der Waals surface area contributed by atoms with Crippen molar-refractivity contribution in [2.45, 2.75) is 20.0 Å². The van der Waals surface area contributed by atoms with Gasteiger partial charge in [0, 0.05) is 38.9 Å². The van der Waals surface area contributed by atoms with Gasteiger partial charge in [0.15, 0.2) is 0 Å². The summed E-state index contributed by atoms with van der Waals surface area (Å²) in [6.07, 6.45) is 1.61. The molecule has 21 heavy (non-hydrogen) atoms. The molecule has 5 nitrogen and oxygen atoms in total. The van der Waals surface area contributed by atoms with Crippen LogP contribution in [0.25, 0.3) is 0 Å². The van der Waals surface area contributed by atoms with Gasteiger partial charge in [0.1, 0.15) is 5.76 Å². The molecule has 5 heteroatoms. The zero-order valence-electron chi connectivity index (χ0n) is 12.7. The molecule has 0 unspecified atom stereocenters. The Hall–Kier alpha value is -2.43. The Morgan fingerprint density at radius 1 is 1.24 bits per heavy atom. The van der Waals surface area contributed by atoms with Crippen molar-refractivity contribution in [3.63, 3.8) is 0 Å². The number of hydrogen-bond acceptors (Lipinski definition) is 4. The molecule has 1 aromatic carbocycles. The molecular formula is C16H21N3O2. The number of carbonyl (C=O) groups excluding carboxylic acids is 1. The first-order chi connectivity index (χ1) is 9.97. The molecule has 0 saturated carbocycles. The molecule has 0 atom stereocenters. The molecule has 0 fully saturated rings. The van der Waals surface area contributed by atoms with Crippen LogP contribution >= 0.6 is 0 Å². The Balaban J connectivity index is 2.24. The van der Waals surface area contributed by atoms with Gasteiger partial charge in [-0.1, -0.05) is 0 Å². The second kappa shape index (κ2) is 6.35. The third-order valence-electron chi connectivity index (χ3n) is 3.32. The van der Waals surface area contributed by atoms with Gasteiger partial charge in [0.2, 0.25) is 5.91 Å². The lowest BCUT2D eigenvalue weighted by molar-refractivity contribution is -0.130. The van der Waals surface area contributed by atoms with Gasteiger partial charge in [0.25, 0.3) is 0 Å². The van der Waals surface area contributed by atoms with Crippen molar-refractivity contribution in [2.75, 3.05) is 24.7 Å². The summed E-state index contributed by atoms with van der Waals surface area (Å²) in [6.45, 7) is 2.50. The monoisotopic (exact) mass is 287 g/mol. The fraction of sp³-hybridized carbons (Fsp3) is 0.312. The van der Waals surface area contributed by atoms with Crippen LogP contribution < -0.4 is 10.6 Å². The van der Waals surface area contributed by atoms with E-state index in [4.69, 9.17) is 10.2 Å². The van der Waals surface area contributed by atoms with Crippen LogP contribution in [0.1, 0.15) is 18.2 Å². The van der Waals surface area contributed by atoms with Gasteiger partial charge >= 0.3 is 0 Å². The second-order valence-electron chi connectivity index (χ2n) is 5.24. The van der Waals surface area contributed by atoms with Gasteiger partial charge in [-0.3, -0.25) is 4.79 Å². The zero-order chi connectivity index (χ0) is 15.4. The van der Waals surface area contributed by atoms with E-state index in [1.807, 2.05) is 49.3 Å². The Labute approximate surface area is 124 Å². The van der Waals surface area contributed by atoms with Gasteiger partial charge in [-0.15, -0.1) is 0 Å². The fourth-order valence-electron chi connectivity index (χ4n) is 2.24. The minimum Gasteiger partial charge on any atom is -0.467 e. The maximum absolute atomic E-state index is 11.9. The van der Waals surface area contributed by atoms with Crippen molar-refractivity contribution in [1.82, 2.24) is 4.90 Å². The SMILES string of the molecule is CC(=O)N(Cc1ccco1)Cc1cc(N)ccc1N(C)C. The summed E-state index contributed by atoms with van der Waals surface area (Å²) >= 11 is 0. The Morgan fingerprint density at radius 3 is 2.57 bits per heavy atom. The van der Waals surface area contributed by atoms with Gasteiger partial charge < -0.3 is 20.0 Å². The highest BCUT2D eigenvalue weighted by Crippen LogP contribution is 2.23. The summed E-state index contributed by atoms with van der Waals surface area (Å²) in [5, 5.41) is 0. The van der Waals surface area contributed by atoms with Gasteiger partial charge in [-0.25, -0.2) is 0 Å². The molecular weight excluding hydrogens is 266 g/mol. The van der Waals surface area contributed by atoms with E-state index in [9.17, 15) is 4.79 Å². The van der Waals surface area contributed by atoms with E-state index in [1.165, 1.54) is 0 Å². The minimum absolute atomic E-state index is 0.00136. The molecule has 0 aliphatic carbocycles. The van der Waals surface area contributed by atoms with E-state index in [-0.39, 0.29) is 5.91 Å². The number of carbonyl (C=O) groups is 1. The molecule has 0 radical (unpaired) electrons. The highest BCUT2D eigenvalue weighted by atomic mass is 16.3. The first-order valence-electron chi connectivity index (χ1n) is 6.81. The van der Waals surface area contributed by atoms with Crippen LogP contribution in [0.4, 0.5) is 11.4 Å². The molecule has 112 valence electrons. The summed E-state index contributed by atoms with van der Waals surface area (Å²) in [7, 11) is 3.94. The first kappa shape index (κ1) is 15.0. The second-order valence-corrected chi connectivity index (χ2v) is 5.24. The number of nitrogens with zero attached hydrogens (tertiary/aromatic N) is 2. The molecule has 0 bridgehead atoms. The maximum Gasteiger partial charge on any atom is 0.220 e. The predicted octanol–water partition coefficient (Wildman–Crippen LogP) is 2.48. The van der Waals surface area contributed by atoms with Crippen LogP contribution in [0, 0.1) is 0 Å². The lowest BCUT2D eigenvalue weighted by Crippen LogP contribution is -2.28. The molecule has 1 aromatic heterocycles. The standard InChI is InChI=1S/C16H21N3O2/c1-12(20)19(11-15-5-4-8-21-15)10-13-9-14(17)6-7-16(13)18(2)3/h4-9H,10-11,17H2,1-3H3. The van der Waals surface area contributed by atoms with Crippen LogP contribution in [0.15, 0.2) is 41.0 Å². The van der Waals surface area contributed by atoms with Gasteiger partial charge in [-0.2, -0.15) is 0 Å². The topological polar surface area (TPSA) is 62.7 Å². The Kier molecular flexibility index (Phi) is 4.52. The third kappa shape index (κ3) is 3.78. The summed E-state index contributed by atoms with van der Waals surface area (Å²) in [4.78, 5) is 15.6. The van der Waals surface area contributed by atoms with Crippen LogP contribution in [0.3, 0.4) is 0 Å². The van der Waals surface area contributed by atoms with E-state index in [0.717, 1.165) is 17.0 Å². The van der Waals surface area contributed by atoms with Crippen molar-refractivity contribution in [3.8, 4) is 0 Å². The Morgan fingerprint density at radius 2 is 2.00 bits per heavy atom. The maximum atomic E-state index is 11.9. The van der Waals surface area contributed by atoms with E-state index >= 15 is 0 Å². The summed E-state index contributed by atoms with van der Waals surface area (Å²) in [6, 6.07) is 9.42. The van der Waals surface area contributed by atoms with Crippen molar-refractivity contribution < 1.29 is 9.21 Å². The molecule has 0 spiro atoms. The summed E-state index contributed by atoms with van der Waals surface area (Å²) in [5.41, 5.74) is 8.63. The number of furan rings is 1. The minimum atomic E-state index is -0.00136. The number of anilines is 2. The van der Waals surface area contributed by atoms with Crippen LogP contribution in [0.5, 0.6) is 0 Å². The van der Waals surface area contributed by atoms with Gasteiger partial charge in [-0.05, 0) is 35.9 Å². The highest BCUT2D eigenvalue weighted by molar-refractivity contribution is 5.73. The molecule has 2 N–H and O–H groups in total. The summed E-state index contributed by atoms with van der Waals surface area (Å²) in [5.74, 6) is 0.763. The number of nitrogens with two attached hydrogens (primary N) is 1. The van der Waals surface area contributed by atoms with Gasteiger partial charge in [0.05, 0.1) is 12.8 Å². The molecule has 2 aromatic rings. The largest absolute Gasteiger partial charge is 0.467 e. The quantitative estimate of drug-likeness (QED) is 0.858. The smallest absolute Gasteiger partial charge is 0.220 e. The lowest BCUT2D eigenvalue weighted by atomic mass is 10.1. The van der Waals surface area contributed by atoms with E-state index in [0.29, 0.717) is 18.8 Å². The normalized spacial score (nSPS) is 10.4. The fourth-order valence-corrected chi connectivity index (χ4v) is 2.24. The number of hydrogen-bond donors (Lipinski definition) is 1. The zero-order valence-corrected chi connectivity index (χ0v) is 12.7. The molecule has 1 amide bonds. The highest BCUT2D eigenvalue weighted by Gasteiger charge is 2.15. The Bertz CT molecular complexity index is 606. The number of nitrogen functional groups attached to an aromatic ring is 1. The average Bonchev–Trinajstić information content (AvgIpc) is 2.90. The van der Waals surface area contributed by atoms with Crippen molar-refractivity contribution in [1.29, 1.82) is 0 Å². The van der Waals surface area contributed by atoms with Crippen LogP contribution in [0.2, 0.25) is 0 Å². The van der Waals surface area contributed by atoms with E-state index in [2.05, 4.69) is 0 Å². The van der Waals surface area contributed by atoms with Crippen LogP contribution in [-0.4, -0.2) is 24.9 Å². The van der Waals surface area contributed by atoms with Crippen LogP contribution in [-0.2, 0) is 17.9 Å². The van der Waals surface area contributed by atoms with Crippen molar-refractivity contribution >= 4 is 17.3 Å². The number of amides is 1. The predicted molar refractivity (Wildman–Crippen MR) is 83.8 cm³/mol. The summed E-state index contributed by atoms with van der Waals surface area (Å²) < 4.78 is 5.32. The van der Waals surface area contributed by atoms with E-state index in [1.54, 1.807) is 18.1 Å². The molecule has 0 aliphatic rings.